The van der Waals surface area contributed by atoms with Crippen molar-refractivity contribution in [2.45, 2.75) is 13.0 Å². The average molecular weight is 246 g/mol. The van der Waals surface area contributed by atoms with Gasteiger partial charge in [0.2, 0.25) is 0 Å². The highest BCUT2D eigenvalue weighted by atomic mass is 16.5. The number of fused-ring (bicyclic) bond motifs is 1. The molecule has 0 saturated carbocycles. The fraction of sp³-hybridized carbons (Fsp3) is 0.357. The van der Waals surface area contributed by atoms with Crippen LogP contribution in [0.25, 0.3) is 10.9 Å². The van der Waals surface area contributed by atoms with Crippen molar-refractivity contribution in [1.82, 2.24) is 9.88 Å². The van der Waals surface area contributed by atoms with Gasteiger partial charge in [-0.1, -0.05) is 6.07 Å². The molecule has 1 amide bonds. The van der Waals surface area contributed by atoms with Gasteiger partial charge in [0.25, 0.3) is 5.91 Å². The van der Waals surface area contributed by atoms with E-state index >= 15 is 0 Å². The van der Waals surface area contributed by atoms with Crippen LogP contribution in [0.4, 0.5) is 0 Å². The number of aromatic amines is 1. The molecule has 0 spiro atoms. The van der Waals surface area contributed by atoms with Gasteiger partial charge in [0.05, 0.1) is 12.6 Å². The van der Waals surface area contributed by atoms with E-state index in [-0.39, 0.29) is 11.9 Å². The van der Waals surface area contributed by atoms with Crippen LogP contribution in [-0.4, -0.2) is 42.6 Å². The van der Waals surface area contributed by atoms with Crippen LogP contribution in [-0.2, 0) is 4.74 Å². The lowest BCUT2D eigenvalue weighted by Gasteiger charge is -2.24. The molecule has 0 aliphatic carbocycles. The number of methoxy groups -OCH3 is 1. The number of hydrogen-bond acceptors (Lipinski definition) is 2. The minimum absolute atomic E-state index is 0.0183. The van der Waals surface area contributed by atoms with E-state index in [2.05, 4.69) is 4.98 Å². The second-order valence-corrected chi connectivity index (χ2v) is 4.46. The minimum Gasteiger partial charge on any atom is -0.383 e. The van der Waals surface area contributed by atoms with Gasteiger partial charge in [-0.2, -0.15) is 0 Å². The van der Waals surface area contributed by atoms with Crippen molar-refractivity contribution in [3.05, 3.63) is 36.0 Å². The zero-order valence-corrected chi connectivity index (χ0v) is 10.9. The molecule has 2 rings (SSSR count). The number of ether oxygens (including phenoxy) is 1. The number of hydrogen-bond donors (Lipinski definition) is 1. The summed E-state index contributed by atoms with van der Waals surface area (Å²) in [5.74, 6) is 0.0183. The summed E-state index contributed by atoms with van der Waals surface area (Å²) >= 11 is 0. The van der Waals surface area contributed by atoms with Crippen molar-refractivity contribution in [2.24, 2.45) is 0 Å². The summed E-state index contributed by atoms with van der Waals surface area (Å²) in [6.45, 7) is 2.50. The highest BCUT2D eigenvalue weighted by Crippen LogP contribution is 2.19. The normalized spacial score (nSPS) is 12.6. The first-order chi connectivity index (χ1) is 8.65. The van der Waals surface area contributed by atoms with E-state index in [1.165, 1.54) is 0 Å². The van der Waals surface area contributed by atoms with Crippen LogP contribution >= 0.6 is 0 Å². The van der Waals surface area contributed by atoms with Crippen molar-refractivity contribution in [1.29, 1.82) is 0 Å². The number of benzene rings is 1. The van der Waals surface area contributed by atoms with Crippen molar-refractivity contribution in [2.75, 3.05) is 20.8 Å². The topological polar surface area (TPSA) is 45.3 Å². The molecule has 0 fully saturated rings. The standard InChI is InChI=1S/C14H18N2O2/c1-10(9-18-3)16(2)14(17)12-5-4-6-13-11(12)7-8-15-13/h4-8,10,15H,9H2,1-3H3. The molecule has 1 aromatic heterocycles. The number of carbonyl (C=O) groups is 1. The molecule has 1 heterocycles. The Morgan fingerprint density at radius 2 is 2.22 bits per heavy atom. The third kappa shape index (κ3) is 2.24. The molecule has 1 atom stereocenters. The molecule has 0 radical (unpaired) electrons. The zero-order chi connectivity index (χ0) is 13.1. The first-order valence-corrected chi connectivity index (χ1v) is 5.97. The summed E-state index contributed by atoms with van der Waals surface area (Å²) < 4.78 is 5.08. The SMILES string of the molecule is COCC(C)N(C)C(=O)c1cccc2[nH]ccc12. The second kappa shape index (κ2) is 5.23. The molecular formula is C14H18N2O2. The molecule has 0 aliphatic heterocycles. The van der Waals surface area contributed by atoms with Crippen LogP contribution in [0.2, 0.25) is 0 Å². The van der Waals surface area contributed by atoms with Gasteiger partial charge in [-0.15, -0.1) is 0 Å². The van der Waals surface area contributed by atoms with Crippen LogP contribution in [0, 0.1) is 0 Å². The Hall–Kier alpha value is -1.81. The van der Waals surface area contributed by atoms with Crippen LogP contribution in [0.5, 0.6) is 0 Å². The number of nitrogens with one attached hydrogen (secondary N) is 1. The highest BCUT2D eigenvalue weighted by molar-refractivity contribution is 6.06. The smallest absolute Gasteiger partial charge is 0.254 e. The fourth-order valence-electron chi connectivity index (χ4n) is 2.02. The highest BCUT2D eigenvalue weighted by Gasteiger charge is 2.19. The van der Waals surface area contributed by atoms with E-state index in [0.29, 0.717) is 6.61 Å². The predicted octanol–water partition coefficient (Wildman–Crippen LogP) is 2.27. The lowest BCUT2D eigenvalue weighted by atomic mass is 10.1. The maximum Gasteiger partial charge on any atom is 0.254 e. The third-order valence-electron chi connectivity index (χ3n) is 3.21. The number of nitrogens with zero attached hydrogens (tertiary/aromatic N) is 1. The van der Waals surface area contributed by atoms with E-state index < -0.39 is 0 Å². The van der Waals surface area contributed by atoms with Crippen molar-refractivity contribution in [3.8, 4) is 0 Å². The van der Waals surface area contributed by atoms with Gasteiger partial charge in [-0.05, 0) is 25.1 Å². The molecule has 1 unspecified atom stereocenters. The van der Waals surface area contributed by atoms with Crippen LogP contribution in [0.1, 0.15) is 17.3 Å². The van der Waals surface area contributed by atoms with E-state index in [1.54, 1.807) is 19.1 Å². The summed E-state index contributed by atoms with van der Waals surface area (Å²) in [6.07, 6.45) is 1.85. The van der Waals surface area contributed by atoms with E-state index in [9.17, 15) is 4.79 Å². The Kier molecular flexibility index (Phi) is 3.67. The van der Waals surface area contributed by atoms with Crippen molar-refractivity contribution in [3.63, 3.8) is 0 Å². The quantitative estimate of drug-likeness (QED) is 0.899. The summed E-state index contributed by atoms with van der Waals surface area (Å²) in [7, 11) is 3.44. The molecule has 96 valence electrons. The lowest BCUT2D eigenvalue weighted by molar-refractivity contribution is 0.0635. The molecule has 4 heteroatoms. The number of aromatic nitrogens is 1. The summed E-state index contributed by atoms with van der Waals surface area (Å²) in [5, 5.41) is 0.957. The van der Waals surface area contributed by atoms with E-state index in [0.717, 1.165) is 16.5 Å². The maximum absolute atomic E-state index is 12.4. The summed E-state index contributed by atoms with van der Waals surface area (Å²) in [6, 6.07) is 7.69. The first-order valence-electron chi connectivity index (χ1n) is 5.97. The Labute approximate surface area is 107 Å². The van der Waals surface area contributed by atoms with Gasteiger partial charge in [-0.25, -0.2) is 0 Å². The molecule has 4 nitrogen and oxygen atoms in total. The molecule has 18 heavy (non-hydrogen) atoms. The monoisotopic (exact) mass is 246 g/mol. The number of carbonyl (C=O) groups excluding carboxylic acids is 1. The lowest BCUT2D eigenvalue weighted by Crippen LogP contribution is -2.37. The minimum atomic E-state index is 0.0183. The summed E-state index contributed by atoms with van der Waals surface area (Å²) in [4.78, 5) is 17.3. The van der Waals surface area contributed by atoms with E-state index in [1.807, 2.05) is 37.4 Å². The van der Waals surface area contributed by atoms with Crippen molar-refractivity contribution >= 4 is 16.8 Å². The Morgan fingerprint density at radius 3 is 2.94 bits per heavy atom. The van der Waals surface area contributed by atoms with Gasteiger partial charge in [-0.3, -0.25) is 4.79 Å². The Bertz CT molecular complexity index is 547. The molecule has 1 aromatic carbocycles. The van der Waals surface area contributed by atoms with Crippen LogP contribution in [0.3, 0.4) is 0 Å². The molecular weight excluding hydrogens is 228 g/mol. The number of likely N-dealkylation sites (N-methyl/N-ethyl adjacent to an activating group) is 1. The molecule has 2 aromatic rings. The zero-order valence-electron chi connectivity index (χ0n) is 10.9. The predicted molar refractivity (Wildman–Crippen MR) is 71.7 cm³/mol. The van der Waals surface area contributed by atoms with Gasteiger partial charge in [0, 0.05) is 36.8 Å². The van der Waals surface area contributed by atoms with E-state index in [4.69, 9.17) is 4.74 Å². The van der Waals surface area contributed by atoms with Crippen LogP contribution < -0.4 is 0 Å². The molecule has 1 N–H and O–H groups in total. The first kappa shape index (κ1) is 12.6. The fourth-order valence-corrected chi connectivity index (χ4v) is 2.02. The number of rotatable bonds is 4. The second-order valence-electron chi connectivity index (χ2n) is 4.46. The van der Waals surface area contributed by atoms with Crippen molar-refractivity contribution < 1.29 is 9.53 Å². The largest absolute Gasteiger partial charge is 0.383 e. The van der Waals surface area contributed by atoms with Gasteiger partial charge >= 0.3 is 0 Å². The Balaban J connectivity index is 2.30. The molecule has 0 bridgehead atoms. The van der Waals surface area contributed by atoms with Gasteiger partial charge in [0.15, 0.2) is 0 Å². The number of H-pyrrole nitrogens is 1. The van der Waals surface area contributed by atoms with Gasteiger partial charge < -0.3 is 14.6 Å². The third-order valence-corrected chi connectivity index (χ3v) is 3.21. The number of amides is 1. The molecule has 0 aliphatic rings. The average Bonchev–Trinajstić information content (AvgIpc) is 2.85. The molecule has 0 saturated heterocycles. The summed E-state index contributed by atoms with van der Waals surface area (Å²) in [5.41, 5.74) is 1.70. The maximum atomic E-state index is 12.4. The Morgan fingerprint density at radius 1 is 1.44 bits per heavy atom. The van der Waals surface area contributed by atoms with Crippen LogP contribution in [0.15, 0.2) is 30.5 Å². The van der Waals surface area contributed by atoms with Gasteiger partial charge in [0.1, 0.15) is 0 Å².